The molecule has 0 aliphatic rings. The van der Waals surface area contributed by atoms with Crippen LogP contribution in [0.2, 0.25) is 0 Å². The van der Waals surface area contributed by atoms with E-state index >= 15 is 0 Å². The molecule has 1 aromatic rings. The molecule has 1 aromatic carbocycles. The van der Waals surface area contributed by atoms with E-state index in [1.807, 2.05) is 6.92 Å². The predicted molar refractivity (Wildman–Crippen MR) is 51.6 cm³/mol. The number of benzene rings is 1. The lowest BCUT2D eigenvalue weighted by Crippen LogP contribution is -1.89. The Balaban J connectivity index is 2.81. The van der Waals surface area contributed by atoms with Gasteiger partial charge in [0.2, 0.25) is 0 Å². The molecule has 0 atom stereocenters. The van der Waals surface area contributed by atoms with Crippen LogP contribution < -0.4 is 0 Å². The molecule has 0 spiro atoms. The molecule has 0 aromatic heterocycles. The zero-order valence-corrected chi connectivity index (χ0v) is 7.49. The van der Waals surface area contributed by atoms with Crippen LogP contribution in [0.15, 0.2) is 36.4 Å². The monoisotopic (exact) mass is 177 g/mol. The lowest BCUT2D eigenvalue weighted by molar-refractivity contribution is -0.384. The maximum absolute atomic E-state index is 10.3. The first kappa shape index (κ1) is 9.45. The van der Waals surface area contributed by atoms with Crippen molar-refractivity contribution in [3.05, 3.63) is 52.1 Å². The summed E-state index contributed by atoms with van der Waals surface area (Å²) in [5.41, 5.74) is 2.23. The van der Waals surface area contributed by atoms with Gasteiger partial charge in [0.05, 0.1) is 4.92 Å². The predicted octanol–water partition coefficient (Wildman–Crippen LogP) is 2.71. The average molecular weight is 177 g/mol. The Kier molecular flexibility index (Phi) is 2.80. The number of nitrogens with zero attached hydrogens (tertiary/aromatic N) is 1. The van der Waals surface area contributed by atoms with E-state index in [2.05, 4.69) is 6.58 Å². The molecular formula is C10H11NO2. The highest BCUT2D eigenvalue weighted by Gasteiger charge is 2.03. The molecule has 3 nitrogen and oxygen atoms in total. The highest BCUT2D eigenvalue weighted by molar-refractivity contribution is 5.34. The van der Waals surface area contributed by atoms with Crippen LogP contribution in [0, 0.1) is 10.1 Å². The standard InChI is InChI=1S/C10H11NO2/c1-8(2)7-9-3-5-10(6-4-9)11(12)13/h3-6H,1,7H2,2H3. The number of allylic oxidation sites excluding steroid dienone is 1. The molecule has 0 fully saturated rings. The van der Waals surface area contributed by atoms with Crippen molar-refractivity contribution in [1.29, 1.82) is 0 Å². The molecule has 0 saturated carbocycles. The second kappa shape index (κ2) is 3.85. The van der Waals surface area contributed by atoms with Gasteiger partial charge in [0.1, 0.15) is 0 Å². The molecule has 0 aliphatic heterocycles. The summed E-state index contributed by atoms with van der Waals surface area (Å²) >= 11 is 0. The molecule has 0 bridgehead atoms. The van der Waals surface area contributed by atoms with Crippen molar-refractivity contribution in [1.82, 2.24) is 0 Å². The summed E-state index contributed by atoms with van der Waals surface area (Å²) in [5.74, 6) is 0. The number of hydrogen-bond donors (Lipinski definition) is 0. The van der Waals surface area contributed by atoms with Crippen LogP contribution in [0.25, 0.3) is 0 Å². The van der Waals surface area contributed by atoms with Gasteiger partial charge in [-0.1, -0.05) is 24.3 Å². The molecular weight excluding hydrogens is 166 g/mol. The highest BCUT2D eigenvalue weighted by Crippen LogP contribution is 2.13. The van der Waals surface area contributed by atoms with E-state index in [0.29, 0.717) is 0 Å². The van der Waals surface area contributed by atoms with Crippen LogP contribution in [0.3, 0.4) is 0 Å². The second-order valence-electron chi connectivity index (χ2n) is 3.06. The minimum absolute atomic E-state index is 0.130. The smallest absolute Gasteiger partial charge is 0.258 e. The fourth-order valence-electron chi connectivity index (χ4n) is 1.08. The summed E-state index contributed by atoms with van der Waals surface area (Å²) in [6.07, 6.45) is 0.776. The van der Waals surface area contributed by atoms with E-state index in [-0.39, 0.29) is 5.69 Å². The fraction of sp³-hybridized carbons (Fsp3) is 0.200. The van der Waals surface area contributed by atoms with Crippen LogP contribution in [-0.2, 0) is 6.42 Å². The van der Waals surface area contributed by atoms with Gasteiger partial charge in [-0.25, -0.2) is 0 Å². The van der Waals surface area contributed by atoms with Crippen molar-refractivity contribution in [3.63, 3.8) is 0 Å². The van der Waals surface area contributed by atoms with Crippen LogP contribution >= 0.6 is 0 Å². The first-order chi connectivity index (χ1) is 6.09. The molecule has 68 valence electrons. The van der Waals surface area contributed by atoms with Gasteiger partial charge in [0, 0.05) is 12.1 Å². The zero-order chi connectivity index (χ0) is 9.84. The van der Waals surface area contributed by atoms with Gasteiger partial charge in [-0.15, -0.1) is 0 Å². The Morgan fingerprint density at radius 3 is 2.38 bits per heavy atom. The SMILES string of the molecule is C=C(C)Cc1ccc([N+](=O)[O-])cc1. The van der Waals surface area contributed by atoms with Gasteiger partial charge in [-0.3, -0.25) is 10.1 Å². The molecule has 13 heavy (non-hydrogen) atoms. The summed E-state index contributed by atoms with van der Waals surface area (Å²) in [7, 11) is 0. The lowest BCUT2D eigenvalue weighted by atomic mass is 10.1. The molecule has 0 saturated heterocycles. The highest BCUT2D eigenvalue weighted by atomic mass is 16.6. The van der Waals surface area contributed by atoms with Crippen molar-refractivity contribution in [2.75, 3.05) is 0 Å². The summed E-state index contributed by atoms with van der Waals surface area (Å²) in [6, 6.07) is 6.54. The summed E-state index contributed by atoms with van der Waals surface area (Å²) < 4.78 is 0. The Bertz CT molecular complexity index is 327. The first-order valence-electron chi connectivity index (χ1n) is 3.97. The van der Waals surface area contributed by atoms with Crippen LogP contribution in [0.1, 0.15) is 12.5 Å². The maximum atomic E-state index is 10.3. The Hall–Kier alpha value is -1.64. The third kappa shape index (κ3) is 2.71. The molecule has 0 amide bonds. The van der Waals surface area contributed by atoms with Gasteiger partial charge in [-0.2, -0.15) is 0 Å². The number of nitro benzene ring substituents is 1. The number of nitro groups is 1. The van der Waals surface area contributed by atoms with Crippen molar-refractivity contribution in [2.45, 2.75) is 13.3 Å². The van der Waals surface area contributed by atoms with Gasteiger partial charge < -0.3 is 0 Å². The number of hydrogen-bond acceptors (Lipinski definition) is 2. The van der Waals surface area contributed by atoms with Crippen LogP contribution in [0.5, 0.6) is 0 Å². The van der Waals surface area contributed by atoms with Crippen LogP contribution in [-0.4, -0.2) is 4.92 Å². The quantitative estimate of drug-likeness (QED) is 0.404. The van der Waals surface area contributed by atoms with Crippen molar-refractivity contribution < 1.29 is 4.92 Å². The van der Waals surface area contributed by atoms with E-state index in [1.165, 1.54) is 12.1 Å². The molecule has 0 N–H and O–H groups in total. The van der Waals surface area contributed by atoms with Gasteiger partial charge in [0.25, 0.3) is 5.69 Å². The third-order valence-corrected chi connectivity index (χ3v) is 1.65. The van der Waals surface area contributed by atoms with Gasteiger partial charge in [-0.05, 0) is 18.9 Å². The van der Waals surface area contributed by atoms with Crippen molar-refractivity contribution in [2.24, 2.45) is 0 Å². The van der Waals surface area contributed by atoms with E-state index in [4.69, 9.17) is 0 Å². The van der Waals surface area contributed by atoms with Gasteiger partial charge in [0.15, 0.2) is 0 Å². The fourth-order valence-corrected chi connectivity index (χ4v) is 1.08. The van der Waals surface area contributed by atoms with Gasteiger partial charge >= 0.3 is 0 Å². The molecule has 1 rings (SSSR count). The summed E-state index contributed by atoms with van der Waals surface area (Å²) in [4.78, 5) is 9.92. The van der Waals surface area contributed by atoms with E-state index in [1.54, 1.807) is 12.1 Å². The molecule has 3 heteroatoms. The van der Waals surface area contributed by atoms with E-state index in [9.17, 15) is 10.1 Å². The molecule has 0 radical (unpaired) electrons. The Morgan fingerprint density at radius 2 is 2.00 bits per heavy atom. The molecule has 0 heterocycles. The minimum atomic E-state index is -0.398. The number of non-ortho nitro benzene ring substituents is 1. The van der Waals surface area contributed by atoms with Crippen molar-refractivity contribution >= 4 is 5.69 Å². The summed E-state index contributed by atoms with van der Waals surface area (Å²) in [5, 5.41) is 10.3. The largest absolute Gasteiger partial charge is 0.269 e. The topological polar surface area (TPSA) is 43.1 Å². The average Bonchev–Trinajstić information content (AvgIpc) is 2.04. The normalized spacial score (nSPS) is 9.62. The van der Waals surface area contributed by atoms with E-state index in [0.717, 1.165) is 17.6 Å². The zero-order valence-electron chi connectivity index (χ0n) is 7.49. The Morgan fingerprint density at radius 1 is 1.46 bits per heavy atom. The maximum Gasteiger partial charge on any atom is 0.269 e. The second-order valence-corrected chi connectivity index (χ2v) is 3.06. The Labute approximate surface area is 76.9 Å². The first-order valence-corrected chi connectivity index (χ1v) is 3.97. The van der Waals surface area contributed by atoms with E-state index < -0.39 is 4.92 Å². The van der Waals surface area contributed by atoms with Crippen LogP contribution in [0.4, 0.5) is 5.69 Å². The summed E-state index contributed by atoms with van der Waals surface area (Å²) in [6.45, 7) is 5.71. The molecule has 0 aliphatic carbocycles. The third-order valence-electron chi connectivity index (χ3n) is 1.65. The molecule has 0 unspecified atom stereocenters. The number of rotatable bonds is 3. The van der Waals surface area contributed by atoms with Crippen molar-refractivity contribution in [3.8, 4) is 0 Å². The lowest BCUT2D eigenvalue weighted by Gasteiger charge is -1.98. The minimum Gasteiger partial charge on any atom is -0.258 e.